The molecular weight excluding hydrogens is 332 g/mol. The normalized spacial score (nSPS) is 30.0. The molecule has 1 saturated heterocycles. The second kappa shape index (κ2) is 7.00. The van der Waals surface area contributed by atoms with Crippen LogP contribution in [0.15, 0.2) is 0 Å². The van der Waals surface area contributed by atoms with Crippen LogP contribution >= 0.6 is 0 Å². The minimum atomic E-state index is -3.12. The van der Waals surface area contributed by atoms with Crippen LogP contribution in [-0.4, -0.2) is 54.1 Å². The first-order valence-electron chi connectivity index (χ1n) is 8.90. The zero-order chi connectivity index (χ0) is 17.3. The van der Waals surface area contributed by atoms with Crippen LogP contribution in [0.1, 0.15) is 51.4 Å². The van der Waals surface area contributed by atoms with Gasteiger partial charge in [0, 0.05) is 25.0 Å². The quantitative estimate of drug-likeness (QED) is 0.761. The lowest BCUT2D eigenvalue weighted by Crippen LogP contribution is -2.49. The van der Waals surface area contributed by atoms with E-state index < -0.39 is 21.9 Å². The van der Waals surface area contributed by atoms with E-state index in [1.807, 2.05) is 0 Å². The molecule has 0 aromatic carbocycles. The highest BCUT2D eigenvalue weighted by atomic mass is 32.2. The predicted octanol–water partition coefficient (Wildman–Crippen LogP) is 0.950. The number of piperidine rings is 1. The molecule has 1 heterocycles. The maximum atomic E-state index is 12.4. The SMILES string of the molecule is O=C(O)C1CCCC(C(=O)NC2CCN(S(=O)(=O)C3CC3)CC2)C1. The van der Waals surface area contributed by atoms with Crippen LogP contribution in [0.2, 0.25) is 0 Å². The van der Waals surface area contributed by atoms with Gasteiger partial charge in [-0.15, -0.1) is 0 Å². The number of carbonyl (C=O) groups is 2. The number of carboxylic acid groups (broad SMARTS) is 1. The Kier molecular flexibility index (Phi) is 5.15. The standard InChI is InChI=1S/C16H26N2O5S/c19-15(11-2-1-3-12(10-11)16(20)21)17-13-6-8-18(9-7-13)24(22,23)14-4-5-14/h11-14H,1-10H2,(H,17,19)(H,20,21). The molecule has 0 radical (unpaired) electrons. The number of amides is 1. The van der Waals surface area contributed by atoms with E-state index in [0.717, 1.165) is 25.7 Å². The number of sulfonamides is 1. The highest BCUT2D eigenvalue weighted by Crippen LogP contribution is 2.33. The van der Waals surface area contributed by atoms with Gasteiger partial charge in [-0.05, 0) is 44.9 Å². The first-order valence-corrected chi connectivity index (χ1v) is 10.4. The van der Waals surface area contributed by atoms with E-state index in [9.17, 15) is 18.0 Å². The van der Waals surface area contributed by atoms with Crippen LogP contribution in [0.5, 0.6) is 0 Å². The fourth-order valence-corrected chi connectivity index (χ4v) is 5.68. The molecule has 2 saturated carbocycles. The molecule has 7 nitrogen and oxygen atoms in total. The highest BCUT2D eigenvalue weighted by molar-refractivity contribution is 7.90. The van der Waals surface area contributed by atoms with Crippen LogP contribution in [-0.2, 0) is 19.6 Å². The van der Waals surface area contributed by atoms with Gasteiger partial charge in [-0.25, -0.2) is 12.7 Å². The van der Waals surface area contributed by atoms with Crippen molar-refractivity contribution in [2.75, 3.05) is 13.1 Å². The fraction of sp³-hybridized carbons (Fsp3) is 0.875. The van der Waals surface area contributed by atoms with E-state index in [0.29, 0.717) is 38.8 Å². The maximum Gasteiger partial charge on any atom is 0.306 e. The van der Waals surface area contributed by atoms with Gasteiger partial charge in [0.1, 0.15) is 0 Å². The second-order valence-electron chi connectivity index (χ2n) is 7.32. The van der Waals surface area contributed by atoms with E-state index >= 15 is 0 Å². The summed E-state index contributed by atoms with van der Waals surface area (Å²) in [5, 5.41) is 12.0. The van der Waals surface area contributed by atoms with Crippen LogP contribution in [0, 0.1) is 11.8 Å². The minimum Gasteiger partial charge on any atom is -0.481 e. The topological polar surface area (TPSA) is 104 Å². The van der Waals surface area contributed by atoms with Gasteiger partial charge < -0.3 is 10.4 Å². The summed E-state index contributed by atoms with van der Waals surface area (Å²) >= 11 is 0. The third kappa shape index (κ3) is 3.91. The molecule has 0 aromatic heterocycles. The van der Waals surface area contributed by atoms with E-state index in [2.05, 4.69) is 5.32 Å². The zero-order valence-corrected chi connectivity index (χ0v) is 14.6. The summed E-state index contributed by atoms with van der Waals surface area (Å²) in [5.41, 5.74) is 0. The summed E-state index contributed by atoms with van der Waals surface area (Å²) in [7, 11) is -3.12. The van der Waals surface area contributed by atoms with Gasteiger partial charge in [-0.3, -0.25) is 9.59 Å². The molecule has 3 aliphatic rings. The van der Waals surface area contributed by atoms with Gasteiger partial charge in [-0.2, -0.15) is 0 Å². The number of rotatable bonds is 5. The minimum absolute atomic E-state index is 0.00615. The van der Waals surface area contributed by atoms with Gasteiger partial charge in [0.15, 0.2) is 0 Å². The first-order chi connectivity index (χ1) is 11.4. The Bertz CT molecular complexity index is 594. The molecule has 2 atom stereocenters. The fourth-order valence-electron chi connectivity index (χ4n) is 3.80. The number of carbonyl (C=O) groups excluding carboxylic acids is 1. The third-order valence-electron chi connectivity index (χ3n) is 5.50. The molecular formula is C16H26N2O5S. The molecule has 24 heavy (non-hydrogen) atoms. The van der Waals surface area contributed by atoms with E-state index in [-0.39, 0.29) is 23.1 Å². The Morgan fingerprint density at radius 3 is 2.17 bits per heavy atom. The van der Waals surface area contributed by atoms with Gasteiger partial charge in [-0.1, -0.05) is 6.42 Å². The van der Waals surface area contributed by atoms with Crippen molar-refractivity contribution in [2.24, 2.45) is 11.8 Å². The van der Waals surface area contributed by atoms with Crippen molar-refractivity contribution in [3.05, 3.63) is 0 Å². The number of hydrogen-bond acceptors (Lipinski definition) is 4. The van der Waals surface area contributed by atoms with Crippen molar-refractivity contribution in [2.45, 2.75) is 62.7 Å². The Balaban J connectivity index is 1.47. The smallest absolute Gasteiger partial charge is 0.306 e. The third-order valence-corrected chi connectivity index (χ3v) is 7.90. The van der Waals surface area contributed by atoms with Gasteiger partial charge in [0.05, 0.1) is 11.2 Å². The number of hydrogen-bond donors (Lipinski definition) is 2. The molecule has 0 aromatic rings. The molecule has 1 amide bonds. The van der Waals surface area contributed by atoms with Crippen LogP contribution in [0.4, 0.5) is 0 Å². The molecule has 2 aliphatic carbocycles. The lowest BCUT2D eigenvalue weighted by atomic mass is 9.81. The van der Waals surface area contributed by atoms with Crippen molar-refractivity contribution < 1.29 is 23.1 Å². The molecule has 0 bridgehead atoms. The molecule has 3 fully saturated rings. The molecule has 136 valence electrons. The molecule has 1 aliphatic heterocycles. The molecule has 2 N–H and O–H groups in total. The van der Waals surface area contributed by atoms with E-state index in [4.69, 9.17) is 5.11 Å². The summed E-state index contributed by atoms with van der Waals surface area (Å²) < 4.78 is 26.0. The van der Waals surface area contributed by atoms with E-state index in [1.54, 1.807) is 4.31 Å². The average Bonchev–Trinajstić information content (AvgIpc) is 3.41. The number of carboxylic acids is 1. The summed E-state index contributed by atoms with van der Waals surface area (Å²) in [6.07, 6.45) is 5.38. The summed E-state index contributed by atoms with van der Waals surface area (Å²) in [4.78, 5) is 23.5. The monoisotopic (exact) mass is 358 g/mol. The predicted molar refractivity (Wildman–Crippen MR) is 87.8 cm³/mol. The average molecular weight is 358 g/mol. The maximum absolute atomic E-state index is 12.4. The van der Waals surface area contributed by atoms with Crippen molar-refractivity contribution >= 4 is 21.9 Å². The Hall–Kier alpha value is -1.15. The number of nitrogens with one attached hydrogen (secondary N) is 1. The van der Waals surface area contributed by atoms with Crippen LogP contribution in [0.3, 0.4) is 0 Å². The van der Waals surface area contributed by atoms with Crippen molar-refractivity contribution in [1.82, 2.24) is 9.62 Å². The second-order valence-corrected chi connectivity index (χ2v) is 9.54. The Morgan fingerprint density at radius 2 is 1.58 bits per heavy atom. The van der Waals surface area contributed by atoms with E-state index in [1.165, 1.54) is 0 Å². The Labute approximate surface area is 142 Å². The number of aliphatic carboxylic acids is 1. The van der Waals surface area contributed by atoms with Gasteiger partial charge in [0.2, 0.25) is 15.9 Å². The number of nitrogens with zero attached hydrogens (tertiary/aromatic N) is 1. The lowest BCUT2D eigenvalue weighted by molar-refractivity contribution is -0.144. The highest BCUT2D eigenvalue weighted by Gasteiger charge is 2.41. The largest absolute Gasteiger partial charge is 0.481 e. The molecule has 8 heteroatoms. The lowest BCUT2D eigenvalue weighted by Gasteiger charge is -2.33. The summed E-state index contributed by atoms with van der Waals surface area (Å²) in [6.45, 7) is 0.929. The van der Waals surface area contributed by atoms with Crippen LogP contribution in [0.25, 0.3) is 0 Å². The zero-order valence-electron chi connectivity index (χ0n) is 13.8. The van der Waals surface area contributed by atoms with Crippen LogP contribution < -0.4 is 5.32 Å². The summed E-state index contributed by atoms with van der Waals surface area (Å²) in [6, 6.07) is -0.00615. The first kappa shape index (κ1) is 17.7. The Morgan fingerprint density at radius 1 is 0.958 bits per heavy atom. The molecule has 2 unspecified atom stereocenters. The molecule has 3 rings (SSSR count). The van der Waals surface area contributed by atoms with Gasteiger partial charge >= 0.3 is 5.97 Å². The molecule has 0 spiro atoms. The van der Waals surface area contributed by atoms with Crippen molar-refractivity contribution in [3.63, 3.8) is 0 Å². The van der Waals surface area contributed by atoms with Crippen molar-refractivity contribution in [1.29, 1.82) is 0 Å². The van der Waals surface area contributed by atoms with Gasteiger partial charge in [0.25, 0.3) is 0 Å². The summed E-state index contributed by atoms with van der Waals surface area (Å²) in [5.74, 6) is -1.52. The van der Waals surface area contributed by atoms with Crippen molar-refractivity contribution in [3.8, 4) is 0 Å².